The number of hydrogen-bond donors (Lipinski definition) is 2. The van der Waals surface area contributed by atoms with Crippen molar-refractivity contribution in [3.8, 4) is 0 Å². The fourth-order valence-electron chi connectivity index (χ4n) is 5.06. The maximum absolute atomic E-state index is 12.7. The summed E-state index contributed by atoms with van der Waals surface area (Å²) in [7, 11) is 1.46. The van der Waals surface area contributed by atoms with Gasteiger partial charge in [0.05, 0.1) is 0 Å². The normalized spacial score (nSPS) is 29.6. The Hall–Kier alpha value is -2.43. The number of aliphatic hydroxyl groups is 1. The minimum Gasteiger partial charge on any atom is -0.377 e. The summed E-state index contributed by atoms with van der Waals surface area (Å²) >= 11 is 0. The first-order valence-corrected chi connectivity index (χ1v) is 10.2. The largest absolute Gasteiger partial charge is 0.377 e. The summed E-state index contributed by atoms with van der Waals surface area (Å²) in [5, 5.41) is 14.7. The van der Waals surface area contributed by atoms with Crippen molar-refractivity contribution < 1.29 is 14.6 Å². The zero-order chi connectivity index (χ0) is 20.8. The standard InChI is InChI=1S/C25H29NO3/c1-16-12-19(24(2,3)15-16)13-17-10-11-21-20(14-17)25(28,18-8-6-5-7-9-18)22(29-4)23(27)26-21/h5-11,13-14,16,22,28H,12,15H2,1-4H3,(H,26,27)/b19-13+. The van der Waals surface area contributed by atoms with E-state index in [4.69, 9.17) is 4.74 Å². The number of anilines is 1. The molecule has 2 aromatic rings. The van der Waals surface area contributed by atoms with Crippen LogP contribution in [0.25, 0.3) is 6.08 Å². The van der Waals surface area contributed by atoms with Crippen LogP contribution < -0.4 is 5.32 Å². The van der Waals surface area contributed by atoms with Crippen LogP contribution in [-0.4, -0.2) is 24.2 Å². The molecule has 0 bridgehead atoms. The fourth-order valence-corrected chi connectivity index (χ4v) is 5.06. The Kier molecular flexibility index (Phi) is 4.88. The molecule has 0 spiro atoms. The van der Waals surface area contributed by atoms with Gasteiger partial charge in [0.2, 0.25) is 0 Å². The van der Waals surface area contributed by atoms with Gasteiger partial charge < -0.3 is 15.2 Å². The molecule has 0 aromatic heterocycles. The number of rotatable bonds is 3. The summed E-state index contributed by atoms with van der Waals surface area (Å²) in [4.78, 5) is 12.7. The van der Waals surface area contributed by atoms with Gasteiger partial charge in [-0.05, 0) is 47.4 Å². The molecule has 1 amide bonds. The summed E-state index contributed by atoms with van der Waals surface area (Å²) in [5.41, 5.74) is 3.00. The van der Waals surface area contributed by atoms with Crippen LogP contribution in [-0.2, 0) is 15.1 Å². The second-order valence-corrected chi connectivity index (χ2v) is 9.11. The average molecular weight is 392 g/mol. The van der Waals surface area contributed by atoms with E-state index in [0.29, 0.717) is 22.7 Å². The van der Waals surface area contributed by atoms with E-state index in [-0.39, 0.29) is 11.3 Å². The molecule has 1 aliphatic carbocycles. The first-order valence-electron chi connectivity index (χ1n) is 10.2. The zero-order valence-electron chi connectivity index (χ0n) is 17.5. The Morgan fingerprint density at radius 1 is 1.17 bits per heavy atom. The third kappa shape index (κ3) is 3.30. The topological polar surface area (TPSA) is 58.6 Å². The molecule has 2 aromatic carbocycles. The number of benzene rings is 2. The quantitative estimate of drug-likeness (QED) is 0.795. The highest BCUT2D eigenvalue weighted by atomic mass is 16.5. The number of fused-ring (bicyclic) bond motifs is 1. The van der Waals surface area contributed by atoms with Gasteiger partial charge in [-0.25, -0.2) is 0 Å². The van der Waals surface area contributed by atoms with Crippen LogP contribution in [0, 0.1) is 11.3 Å². The van der Waals surface area contributed by atoms with Gasteiger partial charge in [0.1, 0.15) is 0 Å². The van der Waals surface area contributed by atoms with Crippen LogP contribution in [0.4, 0.5) is 5.69 Å². The smallest absolute Gasteiger partial charge is 0.257 e. The third-order valence-electron chi connectivity index (χ3n) is 6.42. The van der Waals surface area contributed by atoms with Crippen molar-refractivity contribution in [2.45, 2.75) is 45.3 Å². The van der Waals surface area contributed by atoms with E-state index < -0.39 is 11.7 Å². The van der Waals surface area contributed by atoms with Gasteiger partial charge in [0, 0.05) is 18.4 Å². The molecular weight excluding hydrogens is 362 g/mol. The van der Waals surface area contributed by atoms with Gasteiger partial charge in [-0.2, -0.15) is 0 Å². The average Bonchev–Trinajstić information content (AvgIpc) is 2.94. The first kappa shape index (κ1) is 19.9. The summed E-state index contributed by atoms with van der Waals surface area (Å²) in [6.07, 6.45) is 3.49. The molecular formula is C25H29NO3. The maximum Gasteiger partial charge on any atom is 0.257 e. The van der Waals surface area contributed by atoms with Gasteiger partial charge >= 0.3 is 0 Å². The van der Waals surface area contributed by atoms with Crippen molar-refractivity contribution in [3.05, 3.63) is 70.8 Å². The second kappa shape index (κ2) is 7.12. The van der Waals surface area contributed by atoms with E-state index in [9.17, 15) is 9.90 Å². The lowest BCUT2D eigenvalue weighted by Crippen LogP contribution is -2.52. The van der Waals surface area contributed by atoms with Gasteiger partial charge in [-0.1, -0.05) is 68.8 Å². The van der Waals surface area contributed by atoms with Crippen LogP contribution >= 0.6 is 0 Å². The monoisotopic (exact) mass is 391 g/mol. The van der Waals surface area contributed by atoms with E-state index in [1.54, 1.807) is 0 Å². The summed E-state index contributed by atoms with van der Waals surface area (Å²) < 4.78 is 5.47. The Morgan fingerprint density at radius 2 is 1.90 bits per heavy atom. The molecule has 1 aliphatic heterocycles. The lowest BCUT2D eigenvalue weighted by atomic mass is 9.77. The highest BCUT2D eigenvalue weighted by molar-refractivity contribution is 5.99. The van der Waals surface area contributed by atoms with E-state index >= 15 is 0 Å². The van der Waals surface area contributed by atoms with Gasteiger partial charge in [-0.3, -0.25) is 4.79 Å². The molecule has 1 heterocycles. The summed E-state index contributed by atoms with van der Waals surface area (Å²) in [5.74, 6) is 0.329. The lowest BCUT2D eigenvalue weighted by molar-refractivity contribution is -0.142. The highest BCUT2D eigenvalue weighted by Crippen LogP contribution is 2.47. The Balaban J connectivity index is 1.86. The number of ether oxygens (including phenoxy) is 1. The molecule has 152 valence electrons. The molecule has 0 saturated heterocycles. The molecule has 1 saturated carbocycles. The first-order chi connectivity index (χ1) is 13.8. The highest BCUT2D eigenvalue weighted by Gasteiger charge is 2.49. The van der Waals surface area contributed by atoms with Crippen LogP contribution in [0.2, 0.25) is 0 Å². The number of allylic oxidation sites excluding steroid dienone is 1. The van der Waals surface area contributed by atoms with E-state index in [0.717, 1.165) is 12.0 Å². The molecule has 0 radical (unpaired) electrons. The van der Waals surface area contributed by atoms with Crippen molar-refractivity contribution >= 4 is 17.7 Å². The van der Waals surface area contributed by atoms with Crippen LogP contribution in [0.15, 0.2) is 54.1 Å². The van der Waals surface area contributed by atoms with Crippen molar-refractivity contribution in [2.75, 3.05) is 12.4 Å². The lowest BCUT2D eigenvalue weighted by Gasteiger charge is -2.40. The summed E-state index contributed by atoms with van der Waals surface area (Å²) in [6, 6.07) is 15.2. The number of carbonyl (C=O) groups is 1. The number of hydrogen-bond acceptors (Lipinski definition) is 3. The van der Waals surface area contributed by atoms with Gasteiger partial charge in [0.15, 0.2) is 11.7 Å². The van der Waals surface area contributed by atoms with E-state index in [2.05, 4.69) is 32.2 Å². The fraction of sp³-hybridized carbons (Fsp3) is 0.400. The predicted molar refractivity (Wildman–Crippen MR) is 115 cm³/mol. The van der Waals surface area contributed by atoms with E-state index in [1.165, 1.54) is 19.1 Å². The summed E-state index contributed by atoms with van der Waals surface area (Å²) in [6.45, 7) is 6.88. The molecule has 2 N–H and O–H groups in total. The molecule has 4 rings (SSSR count). The number of carbonyl (C=O) groups excluding carboxylic acids is 1. The Bertz CT molecular complexity index is 963. The van der Waals surface area contributed by atoms with Gasteiger partial charge in [0.25, 0.3) is 5.91 Å². The van der Waals surface area contributed by atoms with E-state index in [1.807, 2.05) is 48.5 Å². The molecule has 3 atom stereocenters. The zero-order valence-corrected chi connectivity index (χ0v) is 17.5. The van der Waals surface area contributed by atoms with Gasteiger partial charge in [-0.15, -0.1) is 0 Å². The number of methoxy groups -OCH3 is 1. The molecule has 3 unspecified atom stereocenters. The molecule has 29 heavy (non-hydrogen) atoms. The minimum absolute atomic E-state index is 0.175. The van der Waals surface area contributed by atoms with Crippen molar-refractivity contribution in [1.82, 2.24) is 0 Å². The minimum atomic E-state index is -1.55. The molecule has 2 aliphatic rings. The Morgan fingerprint density at radius 3 is 2.52 bits per heavy atom. The van der Waals surface area contributed by atoms with Crippen LogP contribution in [0.5, 0.6) is 0 Å². The maximum atomic E-state index is 12.7. The number of amides is 1. The van der Waals surface area contributed by atoms with Crippen molar-refractivity contribution in [2.24, 2.45) is 11.3 Å². The van der Waals surface area contributed by atoms with Crippen LogP contribution in [0.3, 0.4) is 0 Å². The second-order valence-electron chi connectivity index (χ2n) is 9.11. The SMILES string of the molecule is COC1C(=O)Nc2ccc(/C=C3\CC(C)CC3(C)C)cc2C1(O)c1ccccc1. The predicted octanol–water partition coefficient (Wildman–Crippen LogP) is 4.73. The Labute approximate surface area is 172 Å². The number of nitrogens with one attached hydrogen (secondary N) is 1. The third-order valence-corrected chi connectivity index (χ3v) is 6.42. The van der Waals surface area contributed by atoms with Crippen molar-refractivity contribution in [3.63, 3.8) is 0 Å². The molecule has 1 fully saturated rings. The molecule has 4 nitrogen and oxygen atoms in total. The molecule has 4 heteroatoms. The van der Waals surface area contributed by atoms with Crippen molar-refractivity contribution in [1.29, 1.82) is 0 Å². The van der Waals surface area contributed by atoms with Crippen LogP contribution in [0.1, 0.15) is 50.3 Å².